The van der Waals surface area contributed by atoms with Crippen molar-refractivity contribution < 1.29 is 19.1 Å². The number of benzene rings is 1. The van der Waals surface area contributed by atoms with Crippen LogP contribution >= 0.6 is 23.1 Å². The summed E-state index contributed by atoms with van der Waals surface area (Å²) >= 11 is 3.00. The van der Waals surface area contributed by atoms with Gasteiger partial charge in [-0.05, 0) is 37.3 Å². The highest BCUT2D eigenvalue weighted by atomic mass is 32.2. The minimum absolute atomic E-state index is 0.130. The van der Waals surface area contributed by atoms with Gasteiger partial charge in [0.1, 0.15) is 0 Å². The number of thioether (sulfide) groups is 1. The van der Waals surface area contributed by atoms with Crippen molar-refractivity contribution in [3.05, 3.63) is 46.5 Å². The number of hydrogen-bond acceptors (Lipinski definition) is 7. The van der Waals surface area contributed by atoms with Crippen molar-refractivity contribution in [1.29, 1.82) is 0 Å². The number of carbonyl (C=O) groups is 2. The summed E-state index contributed by atoms with van der Waals surface area (Å²) < 4.78 is 11.4. The molecular formula is C23H30N2O4S2. The lowest BCUT2D eigenvalue weighted by Gasteiger charge is -2.25. The summed E-state index contributed by atoms with van der Waals surface area (Å²) in [5.74, 6) is 0.556. The van der Waals surface area contributed by atoms with Crippen LogP contribution in [0.4, 0.5) is 0 Å². The van der Waals surface area contributed by atoms with E-state index in [1.807, 2.05) is 4.90 Å². The molecule has 0 aliphatic carbocycles. The maximum atomic E-state index is 12.5. The summed E-state index contributed by atoms with van der Waals surface area (Å²) in [4.78, 5) is 30.5. The third-order valence-electron chi connectivity index (χ3n) is 5.10. The molecule has 1 fully saturated rings. The Labute approximate surface area is 192 Å². The summed E-state index contributed by atoms with van der Waals surface area (Å²) in [6, 6.07) is 8.71. The number of amides is 1. The van der Waals surface area contributed by atoms with Gasteiger partial charge in [0, 0.05) is 30.7 Å². The molecule has 0 spiro atoms. The molecule has 1 aromatic heterocycles. The number of carbonyl (C=O) groups excluding carboxylic acids is 2. The number of hydrogen-bond donors (Lipinski definition) is 0. The van der Waals surface area contributed by atoms with Crippen LogP contribution in [0.25, 0.3) is 0 Å². The zero-order valence-corrected chi connectivity index (χ0v) is 19.8. The van der Waals surface area contributed by atoms with Crippen molar-refractivity contribution >= 4 is 35.0 Å². The second kappa shape index (κ2) is 12.2. The largest absolute Gasteiger partial charge is 0.461 e. The molecule has 0 saturated carbocycles. The van der Waals surface area contributed by atoms with Crippen LogP contribution in [0.15, 0.2) is 34.0 Å². The van der Waals surface area contributed by atoms with Gasteiger partial charge in [-0.3, -0.25) is 4.79 Å². The van der Waals surface area contributed by atoms with Crippen molar-refractivity contribution in [2.24, 2.45) is 0 Å². The summed E-state index contributed by atoms with van der Waals surface area (Å²) in [6.07, 6.45) is 3.39. The molecule has 1 atom stereocenters. The molecule has 168 valence electrons. The standard InChI is InChI=1S/C23H30N2O4S2/c1-3-13-28-14-11-17-5-7-18(8-6-17)20-9-10-21(26)25(20)12-15-30-23-24-19(16-31-23)22(27)29-4-2/h5-8,16,20H,3-4,9-15H2,1-2H3. The first-order valence-electron chi connectivity index (χ1n) is 10.8. The Bertz CT molecular complexity index is 854. The summed E-state index contributed by atoms with van der Waals surface area (Å²) in [5, 5.41) is 1.72. The van der Waals surface area contributed by atoms with Gasteiger partial charge in [-0.15, -0.1) is 11.3 Å². The summed E-state index contributed by atoms with van der Waals surface area (Å²) in [7, 11) is 0. The number of ether oxygens (including phenoxy) is 2. The second-order valence-corrected chi connectivity index (χ2v) is 9.51. The topological polar surface area (TPSA) is 68.7 Å². The highest BCUT2D eigenvalue weighted by Crippen LogP contribution is 2.33. The van der Waals surface area contributed by atoms with Gasteiger partial charge in [-0.25, -0.2) is 9.78 Å². The summed E-state index contributed by atoms with van der Waals surface area (Å²) in [5.41, 5.74) is 2.80. The molecule has 1 amide bonds. The Hall–Kier alpha value is -1.90. The average molecular weight is 463 g/mol. The molecule has 6 nitrogen and oxygen atoms in total. The Balaban J connectivity index is 1.51. The lowest BCUT2D eigenvalue weighted by molar-refractivity contribution is -0.128. The van der Waals surface area contributed by atoms with Crippen LogP contribution < -0.4 is 0 Å². The first-order valence-corrected chi connectivity index (χ1v) is 12.7. The van der Waals surface area contributed by atoms with E-state index in [-0.39, 0.29) is 17.9 Å². The van der Waals surface area contributed by atoms with Gasteiger partial charge < -0.3 is 14.4 Å². The fourth-order valence-corrected chi connectivity index (χ4v) is 5.36. The lowest BCUT2D eigenvalue weighted by atomic mass is 10.0. The van der Waals surface area contributed by atoms with Crippen molar-refractivity contribution in [3.8, 4) is 0 Å². The number of rotatable bonds is 12. The van der Waals surface area contributed by atoms with E-state index in [0.29, 0.717) is 25.3 Å². The van der Waals surface area contributed by atoms with Gasteiger partial charge in [0.05, 0.1) is 19.3 Å². The number of aromatic nitrogens is 1. The molecule has 0 N–H and O–H groups in total. The summed E-state index contributed by atoms with van der Waals surface area (Å²) in [6.45, 7) is 6.44. The van der Waals surface area contributed by atoms with Crippen LogP contribution in [0.1, 0.15) is 60.8 Å². The third-order valence-corrected chi connectivity index (χ3v) is 7.10. The molecule has 31 heavy (non-hydrogen) atoms. The number of nitrogens with zero attached hydrogens (tertiary/aromatic N) is 2. The predicted octanol–water partition coefficient (Wildman–Crippen LogP) is 4.74. The maximum absolute atomic E-state index is 12.5. The molecule has 3 rings (SSSR count). The Morgan fingerprint density at radius 1 is 1.26 bits per heavy atom. The minimum Gasteiger partial charge on any atom is -0.461 e. The molecule has 8 heteroatoms. The van der Waals surface area contributed by atoms with Crippen LogP contribution in [0.3, 0.4) is 0 Å². The maximum Gasteiger partial charge on any atom is 0.357 e. The number of esters is 1. The normalized spacial score (nSPS) is 16.1. The fraction of sp³-hybridized carbons (Fsp3) is 0.522. The van der Waals surface area contributed by atoms with Gasteiger partial charge in [0.2, 0.25) is 5.91 Å². The fourth-order valence-electron chi connectivity index (χ4n) is 3.56. The molecule has 0 bridgehead atoms. The average Bonchev–Trinajstić information content (AvgIpc) is 3.39. The monoisotopic (exact) mass is 462 g/mol. The Morgan fingerprint density at radius 3 is 2.81 bits per heavy atom. The first-order chi connectivity index (χ1) is 15.1. The molecule has 1 aliphatic heterocycles. The van der Waals surface area contributed by atoms with Crippen molar-refractivity contribution in [2.75, 3.05) is 32.1 Å². The molecule has 0 radical (unpaired) electrons. The molecule has 1 aliphatic rings. The van der Waals surface area contributed by atoms with E-state index >= 15 is 0 Å². The van der Waals surface area contributed by atoms with Crippen molar-refractivity contribution in [2.45, 2.75) is 49.9 Å². The SMILES string of the molecule is CCCOCCc1ccc(C2CCC(=O)N2CCSc2nc(C(=O)OCC)cs2)cc1. The smallest absolute Gasteiger partial charge is 0.357 e. The third kappa shape index (κ3) is 6.79. The van der Waals surface area contributed by atoms with Crippen LogP contribution in [0.2, 0.25) is 0 Å². The highest BCUT2D eigenvalue weighted by Gasteiger charge is 2.31. The van der Waals surface area contributed by atoms with E-state index in [2.05, 4.69) is 36.2 Å². The number of likely N-dealkylation sites (tertiary alicyclic amines) is 1. The van der Waals surface area contributed by atoms with Crippen LogP contribution in [0, 0.1) is 0 Å². The van der Waals surface area contributed by atoms with Gasteiger partial charge in [0.25, 0.3) is 0 Å². The number of thiazole rings is 1. The molecule has 2 aromatic rings. The minimum atomic E-state index is -0.388. The molecule has 1 aromatic carbocycles. The van der Waals surface area contributed by atoms with Gasteiger partial charge in [-0.2, -0.15) is 0 Å². The van der Waals surface area contributed by atoms with E-state index in [0.717, 1.165) is 42.6 Å². The van der Waals surface area contributed by atoms with Crippen molar-refractivity contribution in [1.82, 2.24) is 9.88 Å². The second-order valence-electron chi connectivity index (χ2n) is 7.31. The van der Waals surface area contributed by atoms with E-state index in [9.17, 15) is 9.59 Å². The van der Waals surface area contributed by atoms with E-state index in [4.69, 9.17) is 9.47 Å². The zero-order chi connectivity index (χ0) is 22.1. The lowest BCUT2D eigenvalue weighted by Crippen LogP contribution is -2.29. The van der Waals surface area contributed by atoms with Crippen molar-refractivity contribution in [3.63, 3.8) is 0 Å². The van der Waals surface area contributed by atoms with Gasteiger partial charge in [0.15, 0.2) is 10.0 Å². The van der Waals surface area contributed by atoms with E-state index in [1.165, 1.54) is 22.5 Å². The van der Waals surface area contributed by atoms with Gasteiger partial charge in [-0.1, -0.05) is 43.0 Å². The molecule has 2 heterocycles. The van der Waals surface area contributed by atoms with E-state index in [1.54, 1.807) is 24.1 Å². The van der Waals surface area contributed by atoms with Gasteiger partial charge >= 0.3 is 5.97 Å². The Morgan fingerprint density at radius 2 is 2.06 bits per heavy atom. The molecule has 1 unspecified atom stereocenters. The molecular weight excluding hydrogens is 432 g/mol. The zero-order valence-electron chi connectivity index (χ0n) is 18.2. The quantitative estimate of drug-likeness (QED) is 0.258. The predicted molar refractivity (Wildman–Crippen MR) is 124 cm³/mol. The molecule has 1 saturated heterocycles. The van der Waals surface area contributed by atoms with Crippen LogP contribution in [-0.4, -0.2) is 53.9 Å². The van der Waals surface area contributed by atoms with E-state index < -0.39 is 0 Å². The van der Waals surface area contributed by atoms with Crippen LogP contribution in [-0.2, 0) is 20.7 Å². The van der Waals surface area contributed by atoms with Crippen LogP contribution in [0.5, 0.6) is 0 Å². The first kappa shape index (κ1) is 23.8. The highest BCUT2D eigenvalue weighted by molar-refractivity contribution is 8.01. The Kier molecular flexibility index (Phi) is 9.36.